The average molecular weight is 381 g/mol. The van der Waals surface area contributed by atoms with E-state index in [-0.39, 0.29) is 5.43 Å². The van der Waals surface area contributed by atoms with E-state index in [1.807, 2.05) is 43.3 Å². The van der Waals surface area contributed by atoms with Gasteiger partial charge in [-0.15, -0.1) is 0 Å². The minimum Gasteiger partial charge on any atom is -0.496 e. The molecule has 0 radical (unpaired) electrons. The fraction of sp³-hybridized carbons (Fsp3) is 0.348. The number of likely N-dealkylation sites (N-methyl/N-ethyl adjacent to an activating group) is 1. The molecular formula is C23H27NO4. The Morgan fingerprint density at radius 2 is 1.75 bits per heavy atom. The van der Waals surface area contributed by atoms with Gasteiger partial charge in [0.25, 0.3) is 0 Å². The van der Waals surface area contributed by atoms with E-state index in [0.717, 1.165) is 36.5 Å². The Hall–Kier alpha value is -2.79. The van der Waals surface area contributed by atoms with Crippen molar-refractivity contribution in [1.29, 1.82) is 0 Å². The SMILES string of the molecule is CCN(CC)CCOc1ccc(-c2cc(=O)c3c(OC)cc(C)cc3o2)cc1. The topological polar surface area (TPSA) is 51.9 Å². The van der Waals surface area contributed by atoms with Crippen molar-refractivity contribution >= 4 is 11.0 Å². The van der Waals surface area contributed by atoms with Crippen LogP contribution in [-0.4, -0.2) is 38.3 Å². The van der Waals surface area contributed by atoms with Gasteiger partial charge < -0.3 is 18.8 Å². The fourth-order valence-corrected chi connectivity index (χ4v) is 3.23. The van der Waals surface area contributed by atoms with Crippen molar-refractivity contribution in [2.45, 2.75) is 20.8 Å². The van der Waals surface area contributed by atoms with E-state index < -0.39 is 0 Å². The minimum absolute atomic E-state index is 0.118. The molecule has 0 amide bonds. The van der Waals surface area contributed by atoms with Crippen LogP contribution in [0.3, 0.4) is 0 Å². The highest BCUT2D eigenvalue weighted by Gasteiger charge is 2.12. The maximum absolute atomic E-state index is 12.6. The zero-order chi connectivity index (χ0) is 20.1. The number of rotatable bonds is 8. The zero-order valence-electron chi connectivity index (χ0n) is 17.0. The average Bonchev–Trinajstić information content (AvgIpc) is 2.70. The Morgan fingerprint density at radius 1 is 1.04 bits per heavy atom. The van der Waals surface area contributed by atoms with Crippen molar-refractivity contribution < 1.29 is 13.9 Å². The lowest BCUT2D eigenvalue weighted by molar-refractivity contribution is 0.223. The van der Waals surface area contributed by atoms with E-state index in [4.69, 9.17) is 13.9 Å². The summed E-state index contributed by atoms with van der Waals surface area (Å²) in [7, 11) is 1.56. The quantitative estimate of drug-likeness (QED) is 0.575. The van der Waals surface area contributed by atoms with Gasteiger partial charge in [0, 0.05) is 18.2 Å². The first-order chi connectivity index (χ1) is 13.5. The van der Waals surface area contributed by atoms with E-state index in [0.29, 0.717) is 29.1 Å². The van der Waals surface area contributed by atoms with Crippen LogP contribution in [0.25, 0.3) is 22.3 Å². The van der Waals surface area contributed by atoms with Crippen molar-refractivity contribution in [3.8, 4) is 22.8 Å². The third kappa shape index (κ3) is 4.37. The monoisotopic (exact) mass is 381 g/mol. The number of aryl methyl sites for hydroxylation is 1. The van der Waals surface area contributed by atoms with Crippen LogP contribution >= 0.6 is 0 Å². The first-order valence-corrected chi connectivity index (χ1v) is 9.63. The lowest BCUT2D eigenvalue weighted by atomic mass is 10.1. The Labute approximate surface area is 165 Å². The molecule has 0 unspecified atom stereocenters. The van der Waals surface area contributed by atoms with Gasteiger partial charge in [-0.2, -0.15) is 0 Å². The summed E-state index contributed by atoms with van der Waals surface area (Å²) in [6.45, 7) is 9.81. The predicted molar refractivity (Wildman–Crippen MR) is 112 cm³/mol. The maximum Gasteiger partial charge on any atom is 0.197 e. The van der Waals surface area contributed by atoms with Gasteiger partial charge in [-0.05, 0) is 62.0 Å². The van der Waals surface area contributed by atoms with Crippen LogP contribution in [0.2, 0.25) is 0 Å². The highest BCUT2D eigenvalue weighted by atomic mass is 16.5. The van der Waals surface area contributed by atoms with Gasteiger partial charge in [0.1, 0.15) is 34.8 Å². The van der Waals surface area contributed by atoms with Gasteiger partial charge in [-0.3, -0.25) is 4.79 Å². The molecular weight excluding hydrogens is 354 g/mol. The standard InChI is InChI=1S/C23H27NO4/c1-5-24(6-2)11-12-27-18-9-7-17(8-10-18)20-15-19(25)23-21(26-4)13-16(3)14-22(23)28-20/h7-10,13-15H,5-6,11-12H2,1-4H3. The number of hydrogen-bond donors (Lipinski definition) is 0. The first kappa shape index (κ1) is 20.0. The Bertz CT molecular complexity index is 988. The molecule has 2 aromatic carbocycles. The molecule has 5 heteroatoms. The van der Waals surface area contributed by atoms with Crippen LogP contribution in [0.5, 0.6) is 11.5 Å². The second-order valence-electron chi connectivity index (χ2n) is 6.71. The molecule has 0 aliphatic carbocycles. The highest BCUT2D eigenvalue weighted by Crippen LogP contribution is 2.29. The molecule has 3 rings (SSSR count). The molecule has 0 saturated heterocycles. The molecule has 0 saturated carbocycles. The van der Waals surface area contributed by atoms with Gasteiger partial charge in [0.15, 0.2) is 5.43 Å². The predicted octanol–water partition coefficient (Wildman–Crippen LogP) is 4.50. The molecule has 1 heterocycles. The zero-order valence-corrected chi connectivity index (χ0v) is 17.0. The van der Waals surface area contributed by atoms with E-state index >= 15 is 0 Å². The maximum atomic E-state index is 12.6. The number of ether oxygens (including phenoxy) is 2. The summed E-state index contributed by atoms with van der Waals surface area (Å²) in [6, 6.07) is 12.8. The second-order valence-corrected chi connectivity index (χ2v) is 6.71. The lowest BCUT2D eigenvalue weighted by Crippen LogP contribution is -2.27. The van der Waals surface area contributed by atoms with Crippen molar-refractivity contribution in [3.63, 3.8) is 0 Å². The van der Waals surface area contributed by atoms with E-state index in [1.54, 1.807) is 7.11 Å². The third-order valence-corrected chi connectivity index (χ3v) is 4.87. The van der Waals surface area contributed by atoms with Gasteiger partial charge in [-0.25, -0.2) is 0 Å². The van der Waals surface area contributed by atoms with Gasteiger partial charge in [0.2, 0.25) is 0 Å². The van der Waals surface area contributed by atoms with Crippen LogP contribution in [0, 0.1) is 6.92 Å². The fourth-order valence-electron chi connectivity index (χ4n) is 3.23. The molecule has 5 nitrogen and oxygen atoms in total. The van der Waals surface area contributed by atoms with E-state index in [9.17, 15) is 4.79 Å². The molecule has 0 spiro atoms. The highest BCUT2D eigenvalue weighted by molar-refractivity contribution is 5.85. The summed E-state index contributed by atoms with van der Waals surface area (Å²) in [5, 5.41) is 0.466. The molecule has 0 bridgehead atoms. The molecule has 28 heavy (non-hydrogen) atoms. The van der Waals surface area contributed by atoms with Crippen molar-refractivity contribution in [1.82, 2.24) is 4.90 Å². The Morgan fingerprint density at radius 3 is 2.39 bits per heavy atom. The molecule has 0 fully saturated rings. The number of hydrogen-bond acceptors (Lipinski definition) is 5. The molecule has 0 atom stereocenters. The second kappa shape index (κ2) is 8.93. The first-order valence-electron chi connectivity index (χ1n) is 9.63. The lowest BCUT2D eigenvalue weighted by Gasteiger charge is -2.18. The number of fused-ring (bicyclic) bond motifs is 1. The largest absolute Gasteiger partial charge is 0.496 e. The van der Waals surface area contributed by atoms with Crippen LogP contribution in [0.1, 0.15) is 19.4 Å². The summed E-state index contributed by atoms with van der Waals surface area (Å²) in [4.78, 5) is 14.9. The van der Waals surface area contributed by atoms with Crippen LogP contribution in [-0.2, 0) is 0 Å². The number of benzene rings is 2. The summed E-state index contributed by atoms with van der Waals surface area (Å²) >= 11 is 0. The van der Waals surface area contributed by atoms with Crippen LogP contribution < -0.4 is 14.9 Å². The molecule has 0 aliphatic heterocycles. The summed E-state index contributed by atoms with van der Waals surface area (Å²) in [6.07, 6.45) is 0. The third-order valence-electron chi connectivity index (χ3n) is 4.87. The van der Waals surface area contributed by atoms with Gasteiger partial charge in [-0.1, -0.05) is 13.8 Å². The molecule has 148 valence electrons. The van der Waals surface area contributed by atoms with Crippen LogP contribution in [0.15, 0.2) is 51.7 Å². The Balaban J connectivity index is 1.82. The molecule has 3 aromatic rings. The smallest absolute Gasteiger partial charge is 0.197 e. The van der Waals surface area contributed by atoms with Crippen molar-refractivity contribution in [2.75, 3.05) is 33.4 Å². The van der Waals surface area contributed by atoms with E-state index in [2.05, 4.69) is 18.7 Å². The van der Waals surface area contributed by atoms with E-state index in [1.165, 1.54) is 6.07 Å². The van der Waals surface area contributed by atoms with Crippen molar-refractivity contribution in [3.05, 3.63) is 58.3 Å². The molecule has 1 aromatic heterocycles. The number of nitrogens with zero attached hydrogens (tertiary/aromatic N) is 1. The van der Waals surface area contributed by atoms with Gasteiger partial charge >= 0.3 is 0 Å². The van der Waals surface area contributed by atoms with Crippen molar-refractivity contribution in [2.24, 2.45) is 0 Å². The minimum atomic E-state index is -0.118. The summed E-state index contributed by atoms with van der Waals surface area (Å²) in [5.41, 5.74) is 2.21. The summed E-state index contributed by atoms with van der Waals surface area (Å²) in [5.74, 6) is 1.86. The van der Waals surface area contributed by atoms with Gasteiger partial charge in [0.05, 0.1) is 7.11 Å². The molecule has 0 N–H and O–H groups in total. The van der Waals surface area contributed by atoms with Crippen LogP contribution in [0.4, 0.5) is 0 Å². The summed E-state index contributed by atoms with van der Waals surface area (Å²) < 4.78 is 17.2. The Kier molecular flexibility index (Phi) is 6.37. The normalized spacial score (nSPS) is 11.2. The number of methoxy groups -OCH3 is 1. The molecule has 0 aliphatic rings.